The number of nitrogens with zero attached hydrogens (tertiary/aromatic N) is 1. The van der Waals surface area contributed by atoms with E-state index in [0.29, 0.717) is 6.42 Å². The number of aliphatic hydroxyl groups excluding tert-OH is 1. The summed E-state index contributed by atoms with van der Waals surface area (Å²) < 4.78 is 26.9. The monoisotopic (exact) mass is 241 g/mol. The van der Waals surface area contributed by atoms with E-state index in [4.69, 9.17) is 0 Å². The molecule has 17 heavy (non-hydrogen) atoms. The maximum absolute atomic E-state index is 13.7. The zero-order chi connectivity index (χ0) is 12.4. The molecule has 94 valence electrons. The van der Waals surface area contributed by atoms with Crippen LogP contribution in [0, 0.1) is 11.6 Å². The molecule has 0 aliphatic carbocycles. The maximum atomic E-state index is 13.7. The van der Waals surface area contributed by atoms with Gasteiger partial charge in [-0.3, -0.25) is 4.90 Å². The summed E-state index contributed by atoms with van der Waals surface area (Å²) in [5.41, 5.74) is 0.267. The first-order chi connectivity index (χ1) is 8.15. The first-order valence-electron chi connectivity index (χ1n) is 6.01. The minimum Gasteiger partial charge on any atom is -0.391 e. The van der Waals surface area contributed by atoms with Crippen LogP contribution in [0.4, 0.5) is 8.78 Å². The zero-order valence-corrected chi connectivity index (χ0v) is 9.87. The Kier molecular flexibility index (Phi) is 3.74. The highest BCUT2D eigenvalue weighted by Crippen LogP contribution is 2.34. The van der Waals surface area contributed by atoms with E-state index >= 15 is 0 Å². The summed E-state index contributed by atoms with van der Waals surface area (Å²) in [6, 6.07) is 3.73. The lowest BCUT2D eigenvalue weighted by molar-refractivity contribution is 0.113. The first kappa shape index (κ1) is 12.5. The fraction of sp³-hybridized carbons (Fsp3) is 0.538. The maximum Gasteiger partial charge on any atom is 0.163 e. The lowest BCUT2D eigenvalue weighted by Crippen LogP contribution is -2.29. The van der Waals surface area contributed by atoms with Gasteiger partial charge in [-0.15, -0.1) is 0 Å². The highest BCUT2D eigenvalue weighted by molar-refractivity contribution is 5.24. The number of rotatable bonds is 3. The lowest BCUT2D eigenvalue weighted by Gasteiger charge is -2.26. The van der Waals surface area contributed by atoms with Gasteiger partial charge in [0, 0.05) is 12.1 Å². The second kappa shape index (κ2) is 5.10. The van der Waals surface area contributed by atoms with E-state index in [1.54, 1.807) is 6.07 Å². The lowest BCUT2D eigenvalue weighted by atomic mass is 10.0. The molecule has 1 aliphatic rings. The van der Waals surface area contributed by atoms with E-state index < -0.39 is 23.8 Å². The van der Waals surface area contributed by atoms with Crippen LogP contribution in [0.1, 0.15) is 31.4 Å². The van der Waals surface area contributed by atoms with Gasteiger partial charge in [-0.1, -0.05) is 19.1 Å². The molecular weight excluding hydrogens is 224 g/mol. The molecule has 1 saturated heterocycles. The summed E-state index contributed by atoms with van der Waals surface area (Å²) >= 11 is 0. The quantitative estimate of drug-likeness (QED) is 0.878. The van der Waals surface area contributed by atoms with Gasteiger partial charge in [0.05, 0.1) is 12.1 Å². The SMILES string of the molecule is CCCN1CCC(O)C1c1cccc(F)c1F. The summed E-state index contributed by atoms with van der Waals surface area (Å²) in [5.74, 6) is -1.68. The van der Waals surface area contributed by atoms with Crippen molar-refractivity contribution in [3.63, 3.8) is 0 Å². The molecule has 1 aromatic carbocycles. The Balaban J connectivity index is 2.33. The van der Waals surface area contributed by atoms with Crippen LogP contribution < -0.4 is 0 Å². The molecule has 1 heterocycles. The van der Waals surface area contributed by atoms with Crippen molar-refractivity contribution in [3.05, 3.63) is 35.4 Å². The average molecular weight is 241 g/mol. The molecule has 0 spiro atoms. The smallest absolute Gasteiger partial charge is 0.163 e. The van der Waals surface area contributed by atoms with Crippen LogP contribution in [0.25, 0.3) is 0 Å². The molecule has 0 amide bonds. The number of aliphatic hydroxyl groups is 1. The topological polar surface area (TPSA) is 23.5 Å². The van der Waals surface area contributed by atoms with E-state index in [0.717, 1.165) is 25.6 Å². The molecule has 0 aromatic heterocycles. The summed E-state index contributed by atoms with van der Waals surface area (Å²) in [7, 11) is 0. The largest absolute Gasteiger partial charge is 0.391 e. The molecule has 1 aliphatic heterocycles. The van der Waals surface area contributed by atoms with Gasteiger partial charge >= 0.3 is 0 Å². The number of hydrogen-bond donors (Lipinski definition) is 1. The Bertz CT molecular complexity index is 395. The molecule has 1 aromatic rings. The van der Waals surface area contributed by atoms with Crippen LogP contribution in [-0.4, -0.2) is 29.2 Å². The predicted octanol–water partition coefficient (Wildman–Crippen LogP) is 2.48. The summed E-state index contributed by atoms with van der Waals surface area (Å²) in [6.45, 7) is 3.55. The normalized spacial score (nSPS) is 25.4. The van der Waals surface area contributed by atoms with Gasteiger partial charge in [-0.25, -0.2) is 8.78 Å². The van der Waals surface area contributed by atoms with Crippen LogP contribution in [0.15, 0.2) is 18.2 Å². The van der Waals surface area contributed by atoms with Gasteiger partial charge in [-0.05, 0) is 25.5 Å². The molecule has 1 fully saturated rings. The fourth-order valence-electron chi connectivity index (χ4n) is 2.53. The van der Waals surface area contributed by atoms with E-state index in [9.17, 15) is 13.9 Å². The van der Waals surface area contributed by atoms with Gasteiger partial charge < -0.3 is 5.11 Å². The standard InChI is InChI=1S/C13H17F2NO/c1-2-7-16-8-6-11(17)13(16)9-4-3-5-10(14)12(9)15/h3-5,11,13,17H,2,6-8H2,1H3. The number of likely N-dealkylation sites (tertiary alicyclic amines) is 1. The molecular formula is C13H17F2NO. The zero-order valence-electron chi connectivity index (χ0n) is 9.87. The van der Waals surface area contributed by atoms with E-state index in [1.165, 1.54) is 6.07 Å². The number of benzene rings is 1. The summed E-state index contributed by atoms with van der Waals surface area (Å²) in [5, 5.41) is 9.92. The Labute approximate surface area is 99.9 Å². The fourth-order valence-corrected chi connectivity index (χ4v) is 2.53. The van der Waals surface area contributed by atoms with Crippen molar-refractivity contribution in [2.75, 3.05) is 13.1 Å². The van der Waals surface area contributed by atoms with Gasteiger partial charge in [0.15, 0.2) is 11.6 Å². The van der Waals surface area contributed by atoms with Crippen molar-refractivity contribution < 1.29 is 13.9 Å². The van der Waals surface area contributed by atoms with Crippen molar-refractivity contribution in [3.8, 4) is 0 Å². The highest BCUT2D eigenvalue weighted by Gasteiger charge is 2.35. The molecule has 1 N–H and O–H groups in total. The predicted molar refractivity (Wildman–Crippen MR) is 61.6 cm³/mol. The Morgan fingerprint density at radius 2 is 2.18 bits per heavy atom. The third kappa shape index (κ3) is 2.33. The van der Waals surface area contributed by atoms with Crippen LogP contribution in [0.2, 0.25) is 0 Å². The molecule has 2 atom stereocenters. The second-order valence-electron chi connectivity index (χ2n) is 4.48. The molecule has 2 rings (SSSR count). The third-order valence-electron chi connectivity index (χ3n) is 3.28. The van der Waals surface area contributed by atoms with Crippen molar-refractivity contribution in [1.82, 2.24) is 4.90 Å². The van der Waals surface area contributed by atoms with E-state index in [2.05, 4.69) is 0 Å². The number of hydrogen-bond acceptors (Lipinski definition) is 2. The Morgan fingerprint density at radius 1 is 1.41 bits per heavy atom. The average Bonchev–Trinajstić information content (AvgIpc) is 2.65. The van der Waals surface area contributed by atoms with Crippen LogP contribution in [0.5, 0.6) is 0 Å². The van der Waals surface area contributed by atoms with Crippen LogP contribution >= 0.6 is 0 Å². The summed E-state index contributed by atoms with van der Waals surface area (Å²) in [4.78, 5) is 2.02. The molecule has 2 unspecified atom stereocenters. The van der Waals surface area contributed by atoms with Crippen molar-refractivity contribution in [2.24, 2.45) is 0 Å². The minimum absolute atomic E-state index is 0.267. The first-order valence-corrected chi connectivity index (χ1v) is 6.01. The second-order valence-corrected chi connectivity index (χ2v) is 4.48. The highest BCUT2D eigenvalue weighted by atomic mass is 19.2. The van der Waals surface area contributed by atoms with E-state index in [-0.39, 0.29) is 5.56 Å². The minimum atomic E-state index is -0.849. The van der Waals surface area contributed by atoms with Crippen LogP contribution in [-0.2, 0) is 0 Å². The molecule has 0 saturated carbocycles. The molecule has 0 radical (unpaired) electrons. The van der Waals surface area contributed by atoms with Gasteiger partial charge in [0.1, 0.15) is 0 Å². The van der Waals surface area contributed by atoms with Gasteiger partial charge in [0.25, 0.3) is 0 Å². The van der Waals surface area contributed by atoms with Crippen molar-refractivity contribution >= 4 is 0 Å². The summed E-state index contributed by atoms with van der Waals surface area (Å²) in [6.07, 6.45) is 0.929. The van der Waals surface area contributed by atoms with Gasteiger partial charge in [-0.2, -0.15) is 0 Å². The number of halogens is 2. The van der Waals surface area contributed by atoms with Crippen molar-refractivity contribution in [2.45, 2.75) is 31.9 Å². The Hall–Kier alpha value is -1.00. The van der Waals surface area contributed by atoms with Crippen molar-refractivity contribution in [1.29, 1.82) is 0 Å². The van der Waals surface area contributed by atoms with Crippen LogP contribution in [0.3, 0.4) is 0 Å². The van der Waals surface area contributed by atoms with E-state index in [1.807, 2.05) is 11.8 Å². The third-order valence-corrected chi connectivity index (χ3v) is 3.28. The molecule has 0 bridgehead atoms. The Morgan fingerprint density at radius 3 is 2.88 bits per heavy atom. The molecule has 2 nitrogen and oxygen atoms in total. The molecule has 4 heteroatoms. The van der Waals surface area contributed by atoms with Gasteiger partial charge in [0.2, 0.25) is 0 Å².